The van der Waals surface area contributed by atoms with Gasteiger partial charge in [0.05, 0.1) is 5.69 Å². The molecule has 2 aromatic carbocycles. The fourth-order valence-electron chi connectivity index (χ4n) is 3.85. The van der Waals surface area contributed by atoms with E-state index in [-0.39, 0.29) is 0 Å². The molecule has 0 aliphatic carbocycles. The molecule has 0 aliphatic heterocycles. The van der Waals surface area contributed by atoms with Crippen molar-refractivity contribution in [3.63, 3.8) is 0 Å². The summed E-state index contributed by atoms with van der Waals surface area (Å²) >= 11 is 1.87. The van der Waals surface area contributed by atoms with Crippen molar-refractivity contribution in [3.8, 4) is 11.3 Å². The monoisotopic (exact) mass is 359 g/mol. The Morgan fingerprint density at radius 2 is 1.58 bits per heavy atom. The van der Waals surface area contributed by atoms with Gasteiger partial charge < -0.3 is 0 Å². The molecule has 0 aliphatic rings. The van der Waals surface area contributed by atoms with Gasteiger partial charge in [-0.15, -0.1) is 11.3 Å². The lowest BCUT2D eigenvalue weighted by atomic mass is 9.88. The molecule has 0 radical (unpaired) electrons. The van der Waals surface area contributed by atoms with Crippen LogP contribution in [0.4, 0.5) is 0 Å². The van der Waals surface area contributed by atoms with Crippen LogP contribution in [0.25, 0.3) is 32.1 Å². The minimum atomic E-state index is 0.297. The highest BCUT2D eigenvalue weighted by atomic mass is 32.1. The molecular weight excluding hydrogens is 334 g/mol. The molecule has 2 aromatic heterocycles. The predicted molar refractivity (Wildman–Crippen MR) is 115 cm³/mol. The Morgan fingerprint density at radius 3 is 2.27 bits per heavy atom. The molecule has 0 saturated heterocycles. The first kappa shape index (κ1) is 17.2. The molecule has 4 rings (SSSR count). The summed E-state index contributed by atoms with van der Waals surface area (Å²) in [7, 11) is 0. The maximum absolute atomic E-state index is 4.74. The van der Waals surface area contributed by atoms with Crippen molar-refractivity contribution in [1.82, 2.24) is 4.98 Å². The Labute approximate surface area is 159 Å². The number of aryl methyl sites for hydroxylation is 2. The Kier molecular flexibility index (Phi) is 4.11. The Bertz CT molecular complexity index is 1090. The summed E-state index contributed by atoms with van der Waals surface area (Å²) in [5, 5.41) is 6.30. The van der Waals surface area contributed by atoms with Gasteiger partial charge in [0, 0.05) is 27.2 Å². The first-order chi connectivity index (χ1) is 12.3. The van der Waals surface area contributed by atoms with Crippen molar-refractivity contribution < 1.29 is 0 Å². The van der Waals surface area contributed by atoms with Crippen LogP contribution in [0.2, 0.25) is 0 Å². The molecule has 0 saturated carbocycles. The largest absolute Gasteiger partial charge is 0.256 e. The predicted octanol–water partition coefficient (Wildman–Crippen LogP) is 7.32. The van der Waals surface area contributed by atoms with E-state index >= 15 is 0 Å². The number of fused-ring (bicyclic) bond motifs is 3. The van der Waals surface area contributed by atoms with Crippen LogP contribution >= 0.6 is 11.3 Å². The van der Waals surface area contributed by atoms with Crippen LogP contribution in [0.15, 0.2) is 48.0 Å². The third kappa shape index (κ3) is 3.14. The fourth-order valence-corrected chi connectivity index (χ4v) is 4.95. The Morgan fingerprint density at radius 1 is 0.885 bits per heavy atom. The molecular formula is C24H25NS. The molecule has 0 atom stereocenters. The van der Waals surface area contributed by atoms with Gasteiger partial charge in [-0.2, -0.15) is 0 Å². The van der Waals surface area contributed by atoms with Crippen molar-refractivity contribution in [1.29, 1.82) is 0 Å². The van der Waals surface area contributed by atoms with E-state index in [0.29, 0.717) is 5.41 Å². The zero-order valence-electron chi connectivity index (χ0n) is 16.2. The van der Waals surface area contributed by atoms with Crippen LogP contribution < -0.4 is 0 Å². The minimum Gasteiger partial charge on any atom is -0.256 e. The summed E-state index contributed by atoms with van der Waals surface area (Å²) in [5.74, 6) is 0. The van der Waals surface area contributed by atoms with Crippen molar-refractivity contribution in [2.45, 2.75) is 41.0 Å². The van der Waals surface area contributed by atoms with Gasteiger partial charge >= 0.3 is 0 Å². The van der Waals surface area contributed by atoms with Gasteiger partial charge in [-0.3, -0.25) is 4.98 Å². The third-order valence-corrected chi connectivity index (χ3v) is 5.85. The van der Waals surface area contributed by atoms with E-state index in [9.17, 15) is 0 Å². The first-order valence-corrected chi connectivity index (χ1v) is 10.1. The summed E-state index contributed by atoms with van der Waals surface area (Å²) in [6.45, 7) is 11.2. The molecule has 0 bridgehead atoms. The Hall–Kier alpha value is -2.19. The number of hydrogen-bond donors (Lipinski definition) is 0. The molecule has 0 unspecified atom stereocenters. The topological polar surface area (TPSA) is 12.9 Å². The average molecular weight is 360 g/mol. The van der Waals surface area contributed by atoms with E-state index in [0.717, 1.165) is 12.1 Å². The van der Waals surface area contributed by atoms with Gasteiger partial charge in [-0.05, 0) is 60.2 Å². The molecule has 26 heavy (non-hydrogen) atoms. The molecule has 2 heterocycles. The number of pyridine rings is 1. The number of benzene rings is 2. The van der Waals surface area contributed by atoms with Crippen molar-refractivity contribution in [2.75, 3.05) is 0 Å². The second kappa shape index (κ2) is 6.21. The molecule has 2 heteroatoms. The van der Waals surface area contributed by atoms with Gasteiger partial charge in [0.25, 0.3) is 0 Å². The summed E-state index contributed by atoms with van der Waals surface area (Å²) in [6, 6.07) is 13.4. The molecule has 0 amide bonds. The highest BCUT2D eigenvalue weighted by Crippen LogP contribution is 2.38. The van der Waals surface area contributed by atoms with Gasteiger partial charge in [-0.1, -0.05) is 50.1 Å². The zero-order valence-corrected chi connectivity index (χ0v) is 17.0. The quantitative estimate of drug-likeness (QED) is 0.365. The lowest BCUT2D eigenvalue weighted by Gasteiger charge is -2.17. The Balaban J connectivity index is 1.94. The summed E-state index contributed by atoms with van der Waals surface area (Å²) in [6.07, 6.45) is 3.06. The SMILES string of the molecule is Cc1cc(C)cc(-c2nccc3c2ccc2c(CC(C)(C)C)csc23)c1. The first-order valence-electron chi connectivity index (χ1n) is 9.18. The maximum atomic E-state index is 4.74. The van der Waals surface area contributed by atoms with Gasteiger partial charge in [-0.25, -0.2) is 0 Å². The summed E-state index contributed by atoms with van der Waals surface area (Å²) in [4.78, 5) is 4.74. The summed E-state index contributed by atoms with van der Waals surface area (Å²) < 4.78 is 1.38. The van der Waals surface area contributed by atoms with Crippen LogP contribution in [0, 0.1) is 19.3 Å². The third-order valence-electron chi connectivity index (χ3n) is 4.78. The highest BCUT2D eigenvalue weighted by molar-refractivity contribution is 7.18. The van der Waals surface area contributed by atoms with Crippen molar-refractivity contribution in [3.05, 3.63) is 64.7 Å². The summed E-state index contributed by atoms with van der Waals surface area (Å²) in [5.41, 5.74) is 6.61. The lowest BCUT2D eigenvalue weighted by molar-refractivity contribution is 0.413. The van der Waals surface area contributed by atoms with E-state index in [1.165, 1.54) is 43.1 Å². The van der Waals surface area contributed by atoms with Crippen molar-refractivity contribution >= 4 is 32.2 Å². The standard InChI is InChI=1S/C24H25NS/c1-15-10-16(2)12-17(11-15)22-20-7-6-19-18(13-24(3,4)5)14-26-23(19)21(20)8-9-25-22/h6-12,14H,13H2,1-5H3. The maximum Gasteiger partial charge on any atom is 0.0780 e. The molecule has 4 aromatic rings. The normalized spacial score (nSPS) is 12.2. The number of thiophene rings is 1. The number of rotatable bonds is 2. The molecule has 132 valence electrons. The van der Waals surface area contributed by atoms with E-state index < -0.39 is 0 Å². The molecule has 0 fully saturated rings. The van der Waals surface area contributed by atoms with Crippen molar-refractivity contribution in [2.24, 2.45) is 5.41 Å². The van der Waals surface area contributed by atoms with Crippen LogP contribution in [-0.4, -0.2) is 4.98 Å². The van der Waals surface area contributed by atoms with E-state index in [4.69, 9.17) is 4.98 Å². The smallest absolute Gasteiger partial charge is 0.0780 e. The number of hydrogen-bond acceptors (Lipinski definition) is 2. The lowest BCUT2D eigenvalue weighted by Crippen LogP contribution is -2.08. The van der Waals surface area contributed by atoms with Gasteiger partial charge in [0.1, 0.15) is 0 Å². The van der Waals surface area contributed by atoms with E-state index in [1.807, 2.05) is 17.5 Å². The highest BCUT2D eigenvalue weighted by Gasteiger charge is 2.16. The molecule has 0 spiro atoms. The average Bonchev–Trinajstić information content (AvgIpc) is 2.95. The minimum absolute atomic E-state index is 0.297. The van der Waals surface area contributed by atoms with Gasteiger partial charge in [0.2, 0.25) is 0 Å². The van der Waals surface area contributed by atoms with Gasteiger partial charge in [0.15, 0.2) is 0 Å². The van der Waals surface area contributed by atoms with Crippen LogP contribution in [0.3, 0.4) is 0 Å². The van der Waals surface area contributed by atoms with E-state index in [1.54, 1.807) is 0 Å². The second-order valence-corrected chi connectivity index (χ2v) is 9.45. The number of aromatic nitrogens is 1. The molecule has 0 N–H and O–H groups in total. The van der Waals surface area contributed by atoms with Crippen LogP contribution in [-0.2, 0) is 6.42 Å². The van der Waals surface area contributed by atoms with Crippen LogP contribution in [0.1, 0.15) is 37.5 Å². The molecule has 1 nitrogen and oxygen atoms in total. The second-order valence-electron chi connectivity index (χ2n) is 8.57. The van der Waals surface area contributed by atoms with E-state index in [2.05, 4.69) is 76.4 Å². The number of nitrogens with zero attached hydrogens (tertiary/aromatic N) is 1. The fraction of sp³-hybridized carbons (Fsp3) is 0.292. The zero-order chi connectivity index (χ0) is 18.5. The van der Waals surface area contributed by atoms with Crippen LogP contribution in [0.5, 0.6) is 0 Å².